The van der Waals surface area contributed by atoms with Gasteiger partial charge in [0.1, 0.15) is 23.2 Å². The van der Waals surface area contributed by atoms with Gasteiger partial charge in [0, 0.05) is 35.3 Å². The standard InChI is InChI=1S/C27H24FN5O4/c1-13-9-18(15(3)36-21-7-8-22(28)30-23(21)27(29)32-35)26-19(10-13)24(34)14(2)25(37-26)16-5-6-20-17(11-16)12-33(4)31-20/h5-12,15,35H,1-4H3,(H2,29,32)/t15-/m1/s1. The van der Waals surface area contributed by atoms with Crippen LogP contribution in [0.3, 0.4) is 0 Å². The Bertz CT molecular complexity index is 1770. The highest BCUT2D eigenvalue weighted by atomic mass is 19.1. The van der Waals surface area contributed by atoms with Gasteiger partial charge in [-0.25, -0.2) is 4.98 Å². The van der Waals surface area contributed by atoms with Gasteiger partial charge in [-0.1, -0.05) is 5.16 Å². The lowest BCUT2D eigenvalue weighted by Gasteiger charge is -2.19. The average Bonchev–Trinajstić information content (AvgIpc) is 3.25. The zero-order valence-electron chi connectivity index (χ0n) is 20.6. The molecule has 10 heteroatoms. The third kappa shape index (κ3) is 4.26. The van der Waals surface area contributed by atoms with E-state index in [2.05, 4.69) is 15.2 Å². The molecule has 3 aromatic heterocycles. The summed E-state index contributed by atoms with van der Waals surface area (Å²) >= 11 is 0. The molecule has 0 aliphatic rings. The number of rotatable bonds is 5. The average molecular weight is 502 g/mol. The number of halogens is 1. The number of aromatic nitrogens is 3. The molecule has 9 nitrogen and oxygen atoms in total. The molecule has 0 aliphatic heterocycles. The third-order valence-corrected chi connectivity index (χ3v) is 6.19. The van der Waals surface area contributed by atoms with E-state index < -0.39 is 17.9 Å². The van der Waals surface area contributed by atoms with Gasteiger partial charge < -0.3 is 20.1 Å². The lowest BCUT2D eigenvalue weighted by molar-refractivity contribution is 0.224. The van der Waals surface area contributed by atoms with Crippen LogP contribution in [0.4, 0.5) is 4.39 Å². The highest BCUT2D eigenvalue weighted by molar-refractivity contribution is 5.97. The molecule has 0 saturated heterocycles. The van der Waals surface area contributed by atoms with Crippen molar-refractivity contribution in [2.75, 3.05) is 0 Å². The van der Waals surface area contributed by atoms with E-state index in [1.54, 1.807) is 24.6 Å². The summed E-state index contributed by atoms with van der Waals surface area (Å²) in [7, 11) is 1.85. The van der Waals surface area contributed by atoms with E-state index in [9.17, 15) is 9.18 Å². The Hall–Kier alpha value is -4.73. The first-order chi connectivity index (χ1) is 17.7. The smallest absolute Gasteiger partial charge is 0.213 e. The lowest BCUT2D eigenvalue weighted by Crippen LogP contribution is -2.18. The maximum Gasteiger partial charge on any atom is 0.213 e. The number of benzene rings is 2. The summed E-state index contributed by atoms with van der Waals surface area (Å²) in [6, 6.07) is 11.8. The molecular weight excluding hydrogens is 477 g/mol. The normalized spacial score (nSPS) is 12.8. The summed E-state index contributed by atoms with van der Waals surface area (Å²) in [4.78, 5) is 17.2. The summed E-state index contributed by atoms with van der Waals surface area (Å²) < 4.78 is 27.9. The van der Waals surface area contributed by atoms with Crippen LogP contribution in [0, 0.1) is 19.8 Å². The van der Waals surface area contributed by atoms with E-state index in [4.69, 9.17) is 20.1 Å². The first kappa shape index (κ1) is 24.0. The zero-order chi connectivity index (χ0) is 26.4. The Labute approximate surface area is 210 Å². The van der Waals surface area contributed by atoms with E-state index in [0.29, 0.717) is 27.9 Å². The van der Waals surface area contributed by atoms with Crippen LogP contribution in [0.25, 0.3) is 33.2 Å². The number of fused-ring (bicyclic) bond motifs is 2. The van der Waals surface area contributed by atoms with Crippen LogP contribution in [0.2, 0.25) is 0 Å². The van der Waals surface area contributed by atoms with Gasteiger partial charge in [0.15, 0.2) is 17.0 Å². The van der Waals surface area contributed by atoms with Crippen molar-refractivity contribution < 1.29 is 18.8 Å². The van der Waals surface area contributed by atoms with Crippen molar-refractivity contribution in [3.8, 4) is 17.1 Å². The van der Waals surface area contributed by atoms with Gasteiger partial charge in [0.05, 0.1) is 10.9 Å². The Morgan fingerprint density at radius 1 is 1.22 bits per heavy atom. The number of amidine groups is 1. The van der Waals surface area contributed by atoms with E-state index in [-0.39, 0.29) is 16.9 Å². The molecule has 1 atom stereocenters. The number of oxime groups is 1. The van der Waals surface area contributed by atoms with Crippen LogP contribution in [-0.2, 0) is 7.05 Å². The minimum absolute atomic E-state index is 0.107. The van der Waals surface area contributed by atoms with Crippen LogP contribution >= 0.6 is 0 Å². The predicted octanol–water partition coefficient (Wildman–Crippen LogP) is 4.73. The second kappa shape index (κ2) is 9.05. The van der Waals surface area contributed by atoms with Crippen molar-refractivity contribution >= 4 is 27.7 Å². The Morgan fingerprint density at radius 2 is 2.00 bits per heavy atom. The number of hydrogen-bond acceptors (Lipinski definition) is 7. The molecule has 188 valence electrons. The predicted molar refractivity (Wildman–Crippen MR) is 137 cm³/mol. The fourth-order valence-electron chi connectivity index (χ4n) is 4.44. The molecule has 0 amide bonds. The fraction of sp³-hybridized carbons (Fsp3) is 0.185. The monoisotopic (exact) mass is 501 g/mol. The molecule has 0 spiro atoms. The minimum atomic E-state index is -0.806. The third-order valence-electron chi connectivity index (χ3n) is 6.19. The summed E-state index contributed by atoms with van der Waals surface area (Å²) in [5.41, 5.74) is 9.25. The molecule has 0 fully saturated rings. The van der Waals surface area contributed by atoms with Crippen molar-refractivity contribution in [1.29, 1.82) is 0 Å². The maximum atomic E-state index is 13.7. The van der Waals surface area contributed by atoms with Crippen molar-refractivity contribution in [1.82, 2.24) is 14.8 Å². The number of nitrogens with zero attached hydrogens (tertiary/aromatic N) is 4. The molecule has 0 bridgehead atoms. The zero-order valence-corrected chi connectivity index (χ0v) is 20.6. The Balaban J connectivity index is 1.66. The summed E-state index contributed by atoms with van der Waals surface area (Å²) in [5.74, 6) is -0.651. The molecule has 37 heavy (non-hydrogen) atoms. The van der Waals surface area contributed by atoms with Crippen LogP contribution in [0.15, 0.2) is 63.0 Å². The molecule has 5 rings (SSSR count). The number of pyridine rings is 1. The quantitative estimate of drug-likeness (QED) is 0.117. The topological polar surface area (TPSA) is 129 Å². The molecule has 3 N–H and O–H groups in total. The Morgan fingerprint density at radius 3 is 2.76 bits per heavy atom. The first-order valence-electron chi connectivity index (χ1n) is 11.5. The fourth-order valence-corrected chi connectivity index (χ4v) is 4.44. The van der Waals surface area contributed by atoms with Gasteiger partial charge in [-0.05, 0) is 68.8 Å². The summed E-state index contributed by atoms with van der Waals surface area (Å²) in [6.45, 7) is 5.37. The van der Waals surface area contributed by atoms with Crippen LogP contribution < -0.4 is 15.9 Å². The number of aryl methyl sites for hydroxylation is 2. The van der Waals surface area contributed by atoms with Gasteiger partial charge in [0.25, 0.3) is 0 Å². The van der Waals surface area contributed by atoms with E-state index >= 15 is 0 Å². The minimum Gasteiger partial charge on any atom is -0.483 e. The highest BCUT2D eigenvalue weighted by Gasteiger charge is 2.22. The van der Waals surface area contributed by atoms with Gasteiger partial charge in [-0.2, -0.15) is 9.49 Å². The lowest BCUT2D eigenvalue weighted by atomic mass is 9.99. The summed E-state index contributed by atoms with van der Waals surface area (Å²) in [5, 5.41) is 17.7. The second-order valence-electron chi connectivity index (χ2n) is 8.92. The highest BCUT2D eigenvalue weighted by Crippen LogP contribution is 2.34. The van der Waals surface area contributed by atoms with Gasteiger partial charge in [0.2, 0.25) is 5.95 Å². The van der Waals surface area contributed by atoms with Gasteiger partial charge in [-0.3, -0.25) is 9.48 Å². The molecule has 0 saturated carbocycles. The molecule has 3 heterocycles. The molecular formula is C27H24FN5O4. The number of ether oxygens (including phenoxy) is 1. The molecule has 2 aromatic carbocycles. The van der Waals surface area contributed by atoms with Crippen LogP contribution in [-0.4, -0.2) is 25.8 Å². The first-order valence-corrected chi connectivity index (χ1v) is 11.5. The van der Waals surface area contributed by atoms with Crippen molar-refractivity contribution in [2.24, 2.45) is 17.9 Å². The van der Waals surface area contributed by atoms with Crippen LogP contribution in [0.1, 0.15) is 35.4 Å². The molecule has 0 radical (unpaired) electrons. The van der Waals surface area contributed by atoms with Gasteiger partial charge in [-0.15, -0.1) is 0 Å². The van der Waals surface area contributed by atoms with Crippen molar-refractivity contribution in [3.63, 3.8) is 0 Å². The summed E-state index contributed by atoms with van der Waals surface area (Å²) in [6.07, 6.45) is 1.23. The molecule has 0 unspecified atom stereocenters. The van der Waals surface area contributed by atoms with Crippen molar-refractivity contribution in [3.05, 3.63) is 87.2 Å². The Kier molecular flexibility index (Phi) is 5.87. The van der Waals surface area contributed by atoms with Crippen LogP contribution in [0.5, 0.6) is 5.75 Å². The SMILES string of the molecule is Cc1cc([C@@H](C)Oc2ccc(F)nc2C(N)=NO)c2oc(-c3ccc4nn(C)cc4c3)c(C)c(=O)c2c1. The largest absolute Gasteiger partial charge is 0.483 e. The van der Waals surface area contributed by atoms with E-state index in [0.717, 1.165) is 28.1 Å². The van der Waals surface area contributed by atoms with E-state index in [1.165, 1.54) is 6.07 Å². The second-order valence-corrected chi connectivity index (χ2v) is 8.92. The molecule has 0 aliphatic carbocycles. The van der Waals surface area contributed by atoms with Gasteiger partial charge >= 0.3 is 0 Å². The van der Waals surface area contributed by atoms with Crippen molar-refractivity contribution in [2.45, 2.75) is 26.9 Å². The number of nitrogens with two attached hydrogens (primary N) is 1. The maximum absolute atomic E-state index is 13.7. The number of hydrogen-bond donors (Lipinski definition) is 2. The van der Waals surface area contributed by atoms with E-state index in [1.807, 2.05) is 44.4 Å². The molecule has 5 aromatic rings.